The highest BCUT2D eigenvalue weighted by atomic mass is 19.1. The van der Waals surface area contributed by atoms with Crippen molar-refractivity contribution in [2.24, 2.45) is 5.92 Å². The molecule has 1 unspecified atom stereocenters. The van der Waals surface area contributed by atoms with E-state index in [-0.39, 0.29) is 29.5 Å². The number of imidazole rings is 1. The number of nitrogens with zero attached hydrogens (tertiary/aromatic N) is 4. The fourth-order valence-electron chi connectivity index (χ4n) is 5.61. The molecule has 2 fully saturated rings. The van der Waals surface area contributed by atoms with E-state index in [1.807, 2.05) is 10.6 Å². The first kappa shape index (κ1) is 30.0. The highest BCUT2D eigenvalue weighted by Crippen LogP contribution is 2.30. The van der Waals surface area contributed by atoms with Crippen LogP contribution in [0.25, 0.3) is 16.6 Å². The number of rotatable bonds is 9. The Balaban J connectivity index is 1.05. The van der Waals surface area contributed by atoms with Crippen molar-refractivity contribution in [3.8, 4) is 17.7 Å². The lowest BCUT2D eigenvalue weighted by molar-refractivity contribution is -0.0591. The molecule has 1 saturated carbocycles. The van der Waals surface area contributed by atoms with Crippen molar-refractivity contribution in [1.82, 2.24) is 19.4 Å². The van der Waals surface area contributed by atoms with Gasteiger partial charge in [-0.15, -0.1) is 0 Å². The van der Waals surface area contributed by atoms with Crippen LogP contribution in [0.15, 0.2) is 48.5 Å². The molecule has 0 radical (unpaired) electrons. The summed E-state index contributed by atoms with van der Waals surface area (Å²) in [7, 11) is 0. The highest BCUT2D eigenvalue weighted by Gasteiger charge is 2.25. The zero-order chi connectivity index (χ0) is 31.8. The van der Waals surface area contributed by atoms with E-state index in [2.05, 4.69) is 21.7 Å². The number of hydrogen-bond donors (Lipinski definition) is 1. The largest absolute Gasteiger partial charge is 0.478 e. The van der Waals surface area contributed by atoms with Gasteiger partial charge in [0.05, 0.1) is 35.8 Å². The molecule has 7 rings (SSSR count). The van der Waals surface area contributed by atoms with Crippen LogP contribution < -0.4 is 4.74 Å². The lowest BCUT2D eigenvalue weighted by Gasteiger charge is -2.29. The summed E-state index contributed by atoms with van der Waals surface area (Å²) in [5.41, 5.74) is 3.03. The van der Waals surface area contributed by atoms with Crippen LogP contribution in [0.5, 0.6) is 5.88 Å². The first-order chi connectivity index (χ1) is 22.3. The number of aromatic nitrogens is 3. The van der Waals surface area contributed by atoms with Crippen LogP contribution in [0.2, 0.25) is 0 Å². The van der Waals surface area contributed by atoms with E-state index in [1.54, 1.807) is 30.3 Å². The van der Waals surface area contributed by atoms with Gasteiger partial charge in [0.2, 0.25) is 0 Å². The van der Waals surface area contributed by atoms with E-state index >= 15 is 0 Å². The molecule has 2 aromatic carbocycles. The summed E-state index contributed by atoms with van der Waals surface area (Å²) in [4.78, 5) is 22.7. The fourth-order valence-corrected chi connectivity index (χ4v) is 5.61. The van der Waals surface area contributed by atoms with Gasteiger partial charge in [-0.25, -0.2) is 27.9 Å². The Morgan fingerprint density at radius 2 is 1.89 bits per heavy atom. The molecule has 1 N–H and O–H groups in total. The standard InChI is InChI=1S/C35H31F3N4O4/c36-27-15-22(4-3-21-1-2-21)5-6-25(27)20-46-34-29(38)17-28(37)33(40-34)23-9-12-41(13-10-23)19-32-39-30-8-7-24(35(43)44)16-31(30)42(32)18-26-11-14-45-26/h5-9,15-17,21,26H,1-2,10-14,18-20H2,(H,43,44). The number of aromatic carboxylic acids is 1. The Morgan fingerprint density at radius 1 is 1.04 bits per heavy atom. The second-order valence-corrected chi connectivity index (χ2v) is 11.9. The summed E-state index contributed by atoms with van der Waals surface area (Å²) in [5.74, 6) is 3.54. The molecule has 0 bridgehead atoms. The van der Waals surface area contributed by atoms with Gasteiger partial charge in [-0.05, 0) is 61.6 Å². The number of halogens is 3. The maximum atomic E-state index is 14.9. The molecule has 2 aromatic heterocycles. The van der Waals surface area contributed by atoms with Crippen molar-refractivity contribution in [3.05, 3.63) is 94.2 Å². The van der Waals surface area contributed by atoms with Crippen LogP contribution in [-0.2, 0) is 24.4 Å². The third-order valence-electron chi connectivity index (χ3n) is 8.53. The van der Waals surface area contributed by atoms with E-state index in [9.17, 15) is 23.1 Å². The Bertz CT molecular complexity index is 1920. The third kappa shape index (κ3) is 6.50. The predicted molar refractivity (Wildman–Crippen MR) is 163 cm³/mol. The van der Waals surface area contributed by atoms with Crippen LogP contribution in [0.1, 0.15) is 58.7 Å². The van der Waals surface area contributed by atoms with Crippen molar-refractivity contribution in [1.29, 1.82) is 0 Å². The van der Waals surface area contributed by atoms with Gasteiger partial charge in [0, 0.05) is 42.8 Å². The molecule has 236 valence electrons. The number of benzene rings is 2. The van der Waals surface area contributed by atoms with E-state index in [0.717, 1.165) is 36.7 Å². The second-order valence-electron chi connectivity index (χ2n) is 11.9. The minimum Gasteiger partial charge on any atom is -0.478 e. The molecule has 4 heterocycles. The smallest absolute Gasteiger partial charge is 0.335 e. The van der Waals surface area contributed by atoms with Crippen molar-refractivity contribution in [2.45, 2.75) is 51.5 Å². The summed E-state index contributed by atoms with van der Waals surface area (Å²) >= 11 is 0. The summed E-state index contributed by atoms with van der Waals surface area (Å²) < 4.78 is 57.4. The maximum absolute atomic E-state index is 14.9. The summed E-state index contributed by atoms with van der Waals surface area (Å²) in [6, 6.07) is 10.2. The molecule has 11 heteroatoms. The summed E-state index contributed by atoms with van der Waals surface area (Å²) in [6.07, 6.45) is 5.42. The fraction of sp³-hybridized carbons (Fsp3) is 0.343. The van der Waals surface area contributed by atoms with Gasteiger partial charge >= 0.3 is 5.97 Å². The van der Waals surface area contributed by atoms with Crippen LogP contribution in [0, 0.1) is 35.2 Å². The highest BCUT2D eigenvalue weighted by molar-refractivity contribution is 5.92. The monoisotopic (exact) mass is 628 g/mol. The minimum atomic E-state index is -1.00. The van der Waals surface area contributed by atoms with Gasteiger partial charge in [-0.1, -0.05) is 24.0 Å². The second kappa shape index (κ2) is 12.6. The van der Waals surface area contributed by atoms with Crippen molar-refractivity contribution < 1.29 is 32.5 Å². The number of carboxylic acid groups (broad SMARTS) is 1. The lowest BCUT2D eigenvalue weighted by Crippen LogP contribution is -2.33. The quantitative estimate of drug-likeness (QED) is 0.229. The van der Waals surface area contributed by atoms with Crippen molar-refractivity contribution in [2.75, 3.05) is 19.7 Å². The molecule has 4 aromatic rings. The van der Waals surface area contributed by atoms with Crippen LogP contribution >= 0.6 is 0 Å². The van der Waals surface area contributed by atoms with Gasteiger partial charge in [0.25, 0.3) is 5.88 Å². The van der Waals surface area contributed by atoms with Gasteiger partial charge in [0.1, 0.15) is 23.9 Å². The van der Waals surface area contributed by atoms with E-state index in [4.69, 9.17) is 14.5 Å². The number of carboxylic acids is 1. The molecule has 8 nitrogen and oxygen atoms in total. The first-order valence-electron chi connectivity index (χ1n) is 15.4. The number of pyridine rings is 1. The summed E-state index contributed by atoms with van der Waals surface area (Å²) in [6.45, 7) is 2.51. The molecule has 3 aliphatic rings. The molecular weight excluding hydrogens is 597 g/mol. The van der Waals surface area contributed by atoms with Gasteiger partial charge in [0.15, 0.2) is 11.6 Å². The third-order valence-corrected chi connectivity index (χ3v) is 8.53. The molecule has 0 amide bonds. The normalized spacial score (nSPS) is 18.1. The molecule has 1 saturated heterocycles. The van der Waals surface area contributed by atoms with E-state index < -0.39 is 29.3 Å². The number of ether oxygens (including phenoxy) is 2. The zero-order valence-electron chi connectivity index (χ0n) is 24.9. The molecule has 0 spiro atoms. The molecule has 46 heavy (non-hydrogen) atoms. The number of hydrogen-bond acceptors (Lipinski definition) is 6. The van der Waals surface area contributed by atoms with Crippen LogP contribution in [0.3, 0.4) is 0 Å². The summed E-state index contributed by atoms with van der Waals surface area (Å²) in [5, 5.41) is 9.50. The topological polar surface area (TPSA) is 89.7 Å². The van der Waals surface area contributed by atoms with Crippen molar-refractivity contribution >= 4 is 22.6 Å². The van der Waals surface area contributed by atoms with Crippen LogP contribution in [-0.4, -0.2) is 56.3 Å². The Morgan fingerprint density at radius 3 is 2.59 bits per heavy atom. The molecule has 1 aliphatic carbocycles. The minimum absolute atomic E-state index is 0.00205. The number of fused-ring (bicyclic) bond motifs is 1. The Kier molecular flexibility index (Phi) is 8.23. The molecule has 2 aliphatic heterocycles. The maximum Gasteiger partial charge on any atom is 0.335 e. The average molecular weight is 629 g/mol. The average Bonchev–Trinajstić information content (AvgIpc) is 3.79. The lowest BCUT2D eigenvalue weighted by atomic mass is 10.0. The Hall–Kier alpha value is -4.66. The zero-order valence-corrected chi connectivity index (χ0v) is 24.9. The predicted octanol–water partition coefficient (Wildman–Crippen LogP) is 5.97. The molecular formula is C35H31F3N4O4. The number of carbonyl (C=O) groups is 1. The van der Waals surface area contributed by atoms with Crippen molar-refractivity contribution in [3.63, 3.8) is 0 Å². The van der Waals surface area contributed by atoms with Gasteiger partial charge < -0.3 is 19.1 Å². The molecule has 1 atom stereocenters. The van der Waals surface area contributed by atoms with Gasteiger partial charge in [-0.2, -0.15) is 0 Å². The first-order valence-corrected chi connectivity index (χ1v) is 15.4. The van der Waals surface area contributed by atoms with E-state index in [0.29, 0.717) is 61.8 Å². The van der Waals surface area contributed by atoms with Gasteiger partial charge in [-0.3, -0.25) is 4.90 Å². The van der Waals surface area contributed by atoms with Crippen LogP contribution in [0.4, 0.5) is 13.2 Å². The Labute approximate surface area is 263 Å². The SMILES string of the molecule is O=C(O)c1ccc2nc(CN3CC=C(c4nc(OCc5ccc(C#CC6CC6)cc5F)c(F)cc4F)CC3)n(CC3CCO3)c2c1. The van der Waals surface area contributed by atoms with E-state index in [1.165, 1.54) is 6.07 Å².